The third-order valence-corrected chi connectivity index (χ3v) is 4.29. The van der Waals surface area contributed by atoms with Gasteiger partial charge in [-0.05, 0) is 36.4 Å². The Hall–Kier alpha value is -3.55. The van der Waals surface area contributed by atoms with E-state index in [9.17, 15) is 4.79 Å². The lowest BCUT2D eigenvalue weighted by Gasteiger charge is -2.29. The number of aromatic nitrogens is 2. The van der Waals surface area contributed by atoms with Crippen LogP contribution in [0, 0.1) is 0 Å². The van der Waals surface area contributed by atoms with Crippen molar-refractivity contribution in [2.75, 3.05) is 26.8 Å². The van der Waals surface area contributed by atoms with E-state index in [-0.39, 0.29) is 18.6 Å². The lowest BCUT2D eigenvalue weighted by atomic mass is 10.2. The first-order valence-corrected chi connectivity index (χ1v) is 8.81. The van der Waals surface area contributed by atoms with E-state index in [1.54, 1.807) is 36.2 Å². The number of hydrogen-bond acceptors (Lipinski definition) is 7. The van der Waals surface area contributed by atoms with Crippen LogP contribution in [0.5, 0.6) is 17.2 Å². The molecule has 0 saturated heterocycles. The SMILES string of the molecule is CN(C[C@@H]1COc2ccccc2O1)C(=O)COc1ccc(-c2nnco2)cc1. The number of amides is 1. The highest BCUT2D eigenvalue weighted by Crippen LogP contribution is 2.31. The molecule has 8 heteroatoms. The molecule has 0 spiro atoms. The fraction of sp³-hybridized carbons (Fsp3) is 0.250. The molecule has 3 aromatic rings. The van der Waals surface area contributed by atoms with E-state index in [2.05, 4.69) is 10.2 Å². The molecule has 1 atom stereocenters. The van der Waals surface area contributed by atoms with Crippen molar-refractivity contribution in [2.45, 2.75) is 6.10 Å². The second kappa shape index (κ2) is 7.99. The largest absolute Gasteiger partial charge is 0.486 e. The van der Waals surface area contributed by atoms with Crippen molar-refractivity contribution >= 4 is 5.91 Å². The molecule has 0 unspecified atom stereocenters. The summed E-state index contributed by atoms with van der Waals surface area (Å²) in [6.45, 7) is 0.736. The highest BCUT2D eigenvalue weighted by Gasteiger charge is 2.23. The van der Waals surface area contributed by atoms with Crippen molar-refractivity contribution in [1.82, 2.24) is 15.1 Å². The van der Waals surface area contributed by atoms with Gasteiger partial charge in [-0.2, -0.15) is 0 Å². The van der Waals surface area contributed by atoms with Gasteiger partial charge in [0.15, 0.2) is 24.2 Å². The van der Waals surface area contributed by atoms with Crippen molar-refractivity contribution in [3.8, 4) is 28.7 Å². The number of benzene rings is 2. The van der Waals surface area contributed by atoms with Crippen molar-refractivity contribution in [3.05, 3.63) is 54.9 Å². The van der Waals surface area contributed by atoms with Crippen LogP contribution < -0.4 is 14.2 Å². The third-order valence-electron chi connectivity index (χ3n) is 4.29. The highest BCUT2D eigenvalue weighted by molar-refractivity contribution is 5.77. The molecule has 0 aliphatic carbocycles. The Balaban J connectivity index is 1.27. The number of para-hydroxylation sites is 2. The Morgan fingerprint density at radius 2 is 1.96 bits per heavy atom. The fourth-order valence-corrected chi connectivity index (χ4v) is 2.81. The summed E-state index contributed by atoms with van der Waals surface area (Å²) in [4.78, 5) is 13.9. The monoisotopic (exact) mass is 381 g/mol. The van der Waals surface area contributed by atoms with Gasteiger partial charge in [0.05, 0.1) is 6.54 Å². The number of rotatable bonds is 6. The summed E-state index contributed by atoms with van der Waals surface area (Å²) in [6.07, 6.45) is 1.05. The normalized spacial score (nSPS) is 15.1. The van der Waals surface area contributed by atoms with Gasteiger partial charge in [-0.15, -0.1) is 10.2 Å². The predicted octanol–water partition coefficient (Wildman–Crippen LogP) is 2.41. The third kappa shape index (κ3) is 4.06. The number of nitrogens with zero attached hydrogens (tertiary/aromatic N) is 3. The molecule has 1 amide bonds. The van der Waals surface area contributed by atoms with Gasteiger partial charge in [0.2, 0.25) is 12.3 Å². The first kappa shape index (κ1) is 17.8. The van der Waals surface area contributed by atoms with Gasteiger partial charge >= 0.3 is 0 Å². The Morgan fingerprint density at radius 3 is 2.71 bits per heavy atom. The van der Waals surface area contributed by atoms with Gasteiger partial charge in [0.25, 0.3) is 5.91 Å². The average Bonchev–Trinajstić information content (AvgIpc) is 3.27. The van der Waals surface area contributed by atoms with Crippen molar-refractivity contribution < 1.29 is 23.4 Å². The molecule has 0 N–H and O–H groups in total. The lowest BCUT2D eigenvalue weighted by molar-refractivity contribution is -0.133. The average molecular weight is 381 g/mol. The van der Waals surface area contributed by atoms with Gasteiger partial charge in [0, 0.05) is 12.6 Å². The Kier molecular flexibility index (Phi) is 5.09. The van der Waals surface area contributed by atoms with E-state index in [1.165, 1.54) is 6.39 Å². The summed E-state index contributed by atoms with van der Waals surface area (Å²) in [5, 5.41) is 7.49. The van der Waals surface area contributed by atoms with Crippen LogP contribution in [0.2, 0.25) is 0 Å². The molecule has 2 heterocycles. The van der Waals surface area contributed by atoms with Gasteiger partial charge in [-0.25, -0.2) is 0 Å². The molecule has 1 aliphatic heterocycles. The summed E-state index contributed by atoms with van der Waals surface area (Å²) in [7, 11) is 1.72. The topological polar surface area (TPSA) is 86.9 Å². The summed E-state index contributed by atoms with van der Waals surface area (Å²) >= 11 is 0. The van der Waals surface area contributed by atoms with Crippen LogP contribution in [0.1, 0.15) is 0 Å². The van der Waals surface area contributed by atoms with Gasteiger partial charge in [-0.1, -0.05) is 12.1 Å². The molecule has 2 aromatic carbocycles. The second-order valence-corrected chi connectivity index (χ2v) is 6.33. The summed E-state index contributed by atoms with van der Waals surface area (Å²) in [6, 6.07) is 14.6. The van der Waals surface area contributed by atoms with Crippen LogP contribution in [0.15, 0.2) is 59.3 Å². The van der Waals surface area contributed by atoms with Crippen LogP contribution in [0.3, 0.4) is 0 Å². The van der Waals surface area contributed by atoms with E-state index < -0.39 is 0 Å². The maximum absolute atomic E-state index is 12.4. The lowest BCUT2D eigenvalue weighted by Crippen LogP contribution is -2.43. The number of likely N-dealkylation sites (N-methyl/N-ethyl adjacent to an activating group) is 1. The first-order chi connectivity index (χ1) is 13.7. The molecule has 28 heavy (non-hydrogen) atoms. The molecule has 8 nitrogen and oxygen atoms in total. The van der Waals surface area contributed by atoms with E-state index in [4.69, 9.17) is 18.6 Å². The number of ether oxygens (including phenoxy) is 3. The van der Waals surface area contributed by atoms with Crippen molar-refractivity contribution in [3.63, 3.8) is 0 Å². The molecule has 4 rings (SSSR count). The Bertz CT molecular complexity index is 927. The zero-order valence-electron chi connectivity index (χ0n) is 15.3. The van der Waals surface area contributed by atoms with Gasteiger partial charge in [-0.3, -0.25) is 4.79 Å². The first-order valence-electron chi connectivity index (χ1n) is 8.81. The standard InChI is InChI=1S/C20H19N3O5/c1-23(10-16-11-26-17-4-2-3-5-18(17)28-16)19(24)12-25-15-8-6-14(7-9-15)20-22-21-13-27-20/h2-9,13,16H,10-12H2,1H3/t16-/m1/s1. The van der Waals surface area contributed by atoms with E-state index in [1.807, 2.05) is 24.3 Å². The quantitative estimate of drug-likeness (QED) is 0.648. The van der Waals surface area contributed by atoms with Crippen LogP contribution in [0.25, 0.3) is 11.5 Å². The number of fused-ring (bicyclic) bond motifs is 1. The van der Waals surface area contributed by atoms with E-state index >= 15 is 0 Å². The van der Waals surface area contributed by atoms with E-state index in [0.717, 1.165) is 11.3 Å². The maximum Gasteiger partial charge on any atom is 0.260 e. The minimum atomic E-state index is -0.225. The summed E-state index contributed by atoms with van der Waals surface area (Å²) in [5.74, 6) is 2.27. The van der Waals surface area contributed by atoms with Gasteiger partial charge < -0.3 is 23.5 Å². The summed E-state index contributed by atoms with van der Waals surface area (Å²) in [5.41, 5.74) is 0.781. The predicted molar refractivity (Wildman–Crippen MR) is 99.2 cm³/mol. The number of carbonyl (C=O) groups excluding carboxylic acids is 1. The maximum atomic E-state index is 12.4. The number of hydrogen-bond donors (Lipinski definition) is 0. The molecule has 0 fully saturated rings. The van der Waals surface area contributed by atoms with Crippen molar-refractivity contribution in [1.29, 1.82) is 0 Å². The Morgan fingerprint density at radius 1 is 1.18 bits per heavy atom. The zero-order valence-corrected chi connectivity index (χ0v) is 15.3. The van der Waals surface area contributed by atoms with Crippen LogP contribution in [-0.2, 0) is 4.79 Å². The highest BCUT2D eigenvalue weighted by atomic mass is 16.6. The molecule has 1 aromatic heterocycles. The molecular weight excluding hydrogens is 362 g/mol. The molecule has 1 aliphatic rings. The molecule has 0 bridgehead atoms. The number of carbonyl (C=O) groups is 1. The fourth-order valence-electron chi connectivity index (χ4n) is 2.81. The second-order valence-electron chi connectivity index (χ2n) is 6.33. The van der Waals surface area contributed by atoms with Gasteiger partial charge in [0.1, 0.15) is 12.4 Å². The molecule has 144 valence electrons. The van der Waals surface area contributed by atoms with E-state index in [0.29, 0.717) is 30.5 Å². The van der Waals surface area contributed by atoms with Crippen LogP contribution in [-0.4, -0.2) is 53.9 Å². The van der Waals surface area contributed by atoms with Crippen LogP contribution in [0.4, 0.5) is 0 Å². The molecule has 0 radical (unpaired) electrons. The van der Waals surface area contributed by atoms with Crippen molar-refractivity contribution in [2.24, 2.45) is 0 Å². The molecular formula is C20H19N3O5. The minimum Gasteiger partial charge on any atom is -0.486 e. The van der Waals surface area contributed by atoms with Crippen LogP contribution >= 0.6 is 0 Å². The summed E-state index contributed by atoms with van der Waals surface area (Å²) < 4.78 is 22.3. The molecule has 0 saturated carbocycles. The zero-order chi connectivity index (χ0) is 19.3. The Labute approximate surface area is 161 Å². The smallest absolute Gasteiger partial charge is 0.260 e. The minimum absolute atomic E-state index is 0.0689.